The van der Waals surface area contributed by atoms with E-state index in [-0.39, 0.29) is 37.3 Å². The fourth-order valence-corrected chi connectivity index (χ4v) is 2.70. The van der Waals surface area contributed by atoms with E-state index in [0.29, 0.717) is 19.6 Å². The van der Waals surface area contributed by atoms with Crippen LogP contribution in [0.5, 0.6) is 0 Å². The molecule has 0 aromatic heterocycles. The van der Waals surface area contributed by atoms with Gasteiger partial charge in [-0.1, -0.05) is 13.0 Å². The van der Waals surface area contributed by atoms with Gasteiger partial charge in [0.25, 0.3) is 5.91 Å². The van der Waals surface area contributed by atoms with Crippen molar-refractivity contribution in [1.82, 2.24) is 15.1 Å². The predicted molar refractivity (Wildman–Crippen MR) is 89.2 cm³/mol. The Balaban J connectivity index is 0.00000288. The summed E-state index contributed by atoms with van der Waals surface area (Å²) in [5, 5.41) is 2.95. The Morgan fingerprint density at radius 3 is 2.12 bits per heavy atom. The smallest absolute Gasteiger partial charge is 0.259 e. The topological polar surface area (TPSA) is 52.7 Å². The number of nitrogens with one attached hydrogen (secondary N) is 1. The van der Waals surface area contributed by atoms with Crippen molar-refractivity contribution in [1.29, 1.82) is 0 Å². The Morgan fingerprint density at radius 2 is 1.62 bits per heavy atom. The molecule has 0 aliphatic carbocycles. The molecule has 1 unspecified atom stereocenters. The van der Waals surface area contributed by atoms with Crippen LogP contribution in [0, 0.1) is 17.6 Å². The molecule has 1 N–H and O–H groups in total. The van der Waals surface area contributed by atoms with E-state index in [1.54, 1.807) is 11.9 Å². The lowest BCUT2D eigenvalue weighted by atomic mass is 10.1. The number of piperazine rings is 1. The van der Waals surface area contributed by atoms with E-state index in [0.717, 1.165) is 12.1 Å². The molecule has 1 saturated heterocycles. The highest BCUT2D eigenvalue weighted by atomic mass is 35.5. The van der Waals surface area contributed by atoms with Gasteiger partial charge in [-0.05, 0) is 19.2 Å². The summed E-state index contributed by atoms with van der Waals surface area (Å²) in [6, 6.07) is 3.35. The zero-order chi connectivity index (χ0) is 17.0. The van der Waals surface area contributed by atoms with Crippen LogP contribution in [-0.2, 0) is 4.79 Å². The molecule has 2 amide bonds. The summed E-state index contributed by atoms with van der Waals surface area (Å²) in [7, 11) is 1.78. The summed E-state index contributed by atoms with van der Waals surface area (Å²) in [5.74, 6) is -2.53. The second-order valence-corrected chi connectivity index (χ2v) is 5.67. The van der Waals surface area contributed by atoms with Crippen LogP contribution in [0.4, 0.5) is 8.78 Å². The van der Waals surface area contributed by atoms with E-state index in [1.807, 2.05) is 6.92 Å². The van der Waals surface area contributed by atoms with Crippen LogP contribution < -0.4 is 5.32 Å². The maximum Gasteiger partial charge on any atom is 0.259 e. The van der Waals surface area contributed by atoms with E-state index in [4.69, 9.17) is 0 Å². The highest BCUT2D eigenvalue weighted by Crippen LogP contribution is 2.16. The average Bonchev–Trinajstić information content (AvgIpc) is 2.54. The van der Waals surface area contributed by atoms with Crippen LogP contribution in [0.3, 0.4) is 0 Å². The maximum atomic E-state index is 13.7. The van der Waals surface area contributed by atoms with Crippen LogP contribution in [0.15, 0.2) is 18.2 Å². The minimum atomic E-state index is -0.865. The lowest BCUT2D eigenvalue weighted by Crippen LogP contribution is -2.52. The van der Waals surface area contributed by atoms with E-state index < -0.39 is 23.1 Å². The number of carbonyl (C=O) groups is 2. The quantitative estimate of drug-likeness (QED) is 0.884. The molecular formula is C16H22ClF2N3O2. The number of rotatable bonds is 4. The standard InChI is InChI=1S/C16H21F2N3O2.ClH/c1-11(10-19-2)15(22)20-6-8-21(9-7-20)16(23)14-12(17)4-3-5-13(14)18;/h3-5,11,19H,6-10H2,1-2H3;1H. The molecule has 1 aliphatic heterocycles. The van der Waals surface area contributed by atoms with E-state index in [1.165, 1.54) is 11.0 Å². The molecule has 5 nitrogen and oxygen atoms in total. The summed E-state index contributed by atoms with van der Waals surface area (Å²) in [6.45, 7) is 3.70. The molecule has 0 spiro atoms. The van der Waals surface area contributed by atoms with Crippen molar-refractivity contribution in [3.63, 3.8) is 0 Å². The zero-order valence-corrected chi connectivity index (χ0v) is 14.5. The van der Waals surface area contributed by atoms with Crippen molar-refractivity contribution in [2.45, 2.75) is 6.92 Å². The predicted octanol–water partition coefficient (Wildman–Crippen LogP) is 1.53. The molecule has 24 heavy (non-hydrogen) atoms. The first-order valence-corrected chi connectivity index (χ1v) is 7.62. The van der Waals surface area contributed by atoms with Gasteiger partial charge >= 0.3 is 0 Å². The fourth-order valence-electron chi connectivity index (χ4n) is 2.70. The minimum Gasteiger partial charge on any atom is -0.339 e. The van der Waals surface area contributed by atoms with Gasteiger partial charge in [0.05, 0.1) is 0 Å². The minimum absolute atomic E-state index is 0. The number of benzene rings is 1. The molecule has 1 aromatic rings. The van der Waals surface area contributed by atoms with Gasteiger partial charge in [-0.2, -0.15) is 0 Å². The number of hydrogen-bond acceptors (Lipinski definition) is 3. The monoisotopic (exact) mass is 361 g/mol. The Labute approximate surface area is 146 Å². The van der Waals surface area contributed by atoms with Crippen molar-refractivity contribution in [2.24, 2.45) is 5.92 Å². The molecule has 1 fully saturated rings. The Hall–Kier alpha value is -1.73. The summed E-state index contributed by atoms with van der Waals surface area (Å²) in [5.41, 5.74) is -0.532. The van der Waals surface area contributed by atoms with Gasteiger partial charge in [-0.25, -0.2) is 8.78 Å². The SMILES string of the molecule is CNCC(C)C(=O)N1CCN(C(=O)c2c(F)cccc2F)CC1.Cl. The van der Waals surface area contributed by atoms with Crippen LogP contribution in [0.25, 0.3) is 0 Å². The Bertz CT molecular complexity index is 572. The summed E-state index contributed by atoms with van der Waals surface area (Å²) < 4.78 is 27.4. The second-order valence-electron chi connectivity index (χ2n) is 5.67. The lowest BCUT2D eigenvalue weighted by Gasteiger charge is -2.36. The van der Waals surface area contributed by atoms with Gasteiger partial charge in [-0.3, -0.25) is 9.59 Å². The number of amides is 2. The van der Waals surface area contributed by atoms with Crippen molar-refractivity contribution < 1.29 is 18.4 Å². The lowest BCUT2D eigenvalue weighted by molar-refractivity contribution is -0.136. The van der Waals surface area contributed by atoms with Crippen LogP contribution >= 0.6 is 12.4 Å². The van der Waals surface area contributed by atoms with Crippen LogP contribution in [0.2, 0.25) is 0 Å². The summed E-state index contributed by atoms with van der Waals surface area (Å²) >= 11 is 0. The van der Waals surface area contributed by atoms with Gasteiger partial charge in [0.1, 0.15) is 17.2 Å². The first-order chi connectivity index (χ1) is 11.0. The molecule has 2 rings (SSSR count). The number of carbonyl (C=O) groups excluding carboxylic acids is 2. The van der Waals surface area contributed by atoms with E-state index >= 15 is 0 Å². The summed E-state index contributed by atoms with van der Waals surface area (Å²) in [4.78, 5) is 27.6. The third kappa shape index (κ3) is 4.42. The Morgan fingerprint density at radius 1 is 1.12 bits per heavy atom. The number of hydrogen-bond donors (Lipinski definition) is 1. The third-order valence-electron chi connectivity index (χ3n) is 3.99. The fraction of sp³-hybridized carbons (Fsp3) is 0.500. The largest absolute Gasteiger partial charge is 0.339 e. The van der Waals surface area contributed by atoms with Gasteiger partial charge in [0.15, 0.2) is 0 Å². The second kappa shape index (κ2) is 8.94. The average molecular weight is 362 g/mol. The molecule has 8 heteroatoms. The van der Waals surface area contributed by atoms with Gasteiger partial charge in [-0.15, -0.1) is 12.4 Å². The number of nitrogens with zero attached hydrogens (tertiary/aromatic N) is 2. The highest BCUT2D eigenvalue weighted by molar-refractivity contribution is 5.95. The normalized spacial score (nSPS) is 15.7. The molecule has 1 aromatic carbocycles. The summed E-state index contributed by atoms with van der Waals surface area (Å²) in [6.07, 6.45) is 0. The van der Waals surface area contributed by atoms with Crippen molar-refractivity contribution >= 4 is 24.2 Å². The van der Waals surface area contributed by atoms with Crippen molar-refractivity contribution in [3.05, 3.63) is 35.4 Å². The van der Waals surface area contributed by atoms with Gasteiger partial charge in [0, 0.05) is 38.6 Å². The third-order valence-corrected chi connectivity index (χ3v) is 3.99. The first kappa shape index (κ1) is 20.3. The molecule has 1 atom stereocenters. The van der Waals surface area contributed by atoms with Gasteiger partial charge < -0.3 is 15.1 Å². The highest BCUT2D eigenvalue weighted by Gasteiger charge is 2.29. The van der Waals surface area contributed by atoms with Gasteiger partial charge in [0.2, 0.25) is 5.91 Å². The molecular weight excluding hydrogens is 340 g/mol. The molecule has 0 radical (unpaired) electrons. The molecule has 0 bridgehead atoms. The molecule has 0 saturated carbocycles. The van der Waals surface area contributed by atoms with Crippen molar-refractivity contribution in [2.75, 3.05) is 39.8 Å². The Kier molecular flexibility index (Phi) is 7.57. The maximum absolute atomic E-state index is 13.7. The van der Waals surface area contributed by atoms with E-state index in [9.17, 15) is 18.4 Å². The molecule has 1 heterocycles. The number of halogens is 3. The zero-order valence-electron chi connectivity index (χ0n) is 13.7. The molecule has 1 aliphatic rings. The van der Waals surface area contributed by atoms with E-state index in [2.05, 4.69) is 5.32 Å². The first-order valence-electron chi connectivity index (χ1n) is 7.62. The van der Waals surface area contributed by atoms with Crippen LogP contribution in [-0.4, -0.2) is 61.4 Å². The van der Waals surface area contributed by atoms with Crippen molar-refractivity contribution in [3.8, 4) is 0 Å². The van der Waals surface area contributed by atoms with Crippen LogP contribution in [0.1, 0.15) is 17.3 Å². The molecule has 134 valence electrons.